The average Bonchev–Trinajstić information content (AvgIpc) is 2.79. The van der Waals surface area contributed by atoms with E-state index in [1.54, 1.807) is 6.92 Å². The molecule has 2 N–H and O–H groups in total. The lowest BCUT2D eigenvalue weighted by atomic mass is 10.1. The quantitative estimate of drug-likeness (QED) is 0.633. The third kappa shape index (κ3) is 5.75. The zero-order valence-electron chi connectivity index (χ0n) is 18.5. The van der Waals surface area contributed by atoms with Gasteiger partial charge in [-0.15, -0.1) is 0 Å². The maximum absolute atomic E-state index is 13.6. The highest BCUT2D eigenvalue weighted by molar-refractivity contribution is 7.89. The first kappa shape index (κ1) is 25.7. The molecule has 0 aliphatic carbocycles. The minimum absolute atomic E-state index is 0.0680. The summed E-state index contributed by atoms with van der Waals surface area (Å²) in [5, 5.41) is 4.48. The summed E-state index contributed by atoms with van der Waals surface area (Å²) in [7, 11) is -3.93. The number of carbonyl (C=O) groups excluding carboxylic acids is 2. The first-order chi connectivity index (χ1) is 15.9. The van der Waals surface area contributed by atoms with Crippen molar-refractivity contribution >= 4 is 33.2 Å². The number of alkyl halides is 3. The molecule has 2 amide bonds. The summed E-state index contributed by atoms with van der Waals surface area (Å²) < 4.78 is 73.5. The molecule has 12 heteroatoms. The van der Waals surface area contributed by atoms with Gasteiger partial charge in [-0.1, -0.05) is 13.0 Å². The zero-order valence-corrected chi connectivity index (χ0v) is 19.3. The molecule has 34 heavy (non-hydrogen) atoms. The van der Waals surface area contributed by atoms with E-state index >= 15 is 0 Å². The van der Waals surface area contributed by atoms with Crippen LogP contribution in [0.4, 0.5) is 24.5 Å². The fourth-order valence-corrected chi connectivity index (χ4v) is 5.24. The molecule has 2 aromatic rings. The summed E-state index contributed by atoms with van der Waals surface area (Å²) in [4.78, 5) is 23.9. The van der Waals surface area contributed by atoms with Gasteiger partial charge in [-0.3, -0.25) is 9.59 Å². The maximum Gasteiger partial charge on any atom is 0.418 e. The third-order valence-electron chi connectivity index (χ3n) is 5.19. The lowest BCUT2D eigenvalue weighted by Gasteiger charge is -2.27. The van der Waals surface area contributed by atoms with Gasteiger partial charge in [0.15, 0.2) is 0 Å². The minimum Gasteiger partial charge on any atom is -0.379 e. The van der Waals surface area contributed by atoms with Crippen LogP contribution in [-0.2, 0) is 32.2 Å². The van der Waals surface area contributed by atoms with Gasteiger partial charge in [0.1, 0.15) is 0 Å². The van der Waals surface area contributed by atoms with Crippen LogP contribution in [0.1, 0.15) is 35.3 Å². The Morgan fingerprint density at radius 3 is 2.32 bits per heavy atom. The minimum atomic E-state index is -4.81. The van der Waals surface area contributed by atoms with Crippen LogP contribution < -0.4 is 10.6 Å². The van der Waals surface area contributed by atoms with Crippen LogP contribution in [-0.4, -0.2) is 50.8 Å². The van der Waals surface area contributed by atoms with E-state index in [0.717, 1.165) is 13.0 Å². The molecular weight excluding hydrogens is 475 g/mol. The van der Waals surface area contributed by atoms with E-state index in [4.69, 9.17) is 4.74 Å². The number of morpholine rings is 1. The van der Waals surface area contributed by atoms with Gasteiger partial charge in [-0.2, -0.15) is 17.5 Å². The molecule has 3 rings (SSSR count). The number of sulfonamides is 1. The molecule has 0 unspecified atom stereocenters. The monoisotopic (exact) mass is 499 g/mol. The van der Waals surface area contributed by atoms with E-state index in [9.17, 15) is 31.2 Å². The fraction of sp³-hybridized carbons (Fsp3) is 0.364. The number of amides is 2. The number of hydrogen-bond donors (Lipinski definition) is 2. The molecule has 8 nitrogen and oxygen atoms in total. The van der Waals surface area contributed by atoms with Gasteiger partial charge in [0.25, 0.3) is 5.91 Å². The second-order valence-corrected chi connectivity index (χ2v) is 9.49. The zero-order chi connectivity index (χ0) is 25.1. The standard InChI is InChI=1S/C22H24F3N3O5S/c1-3-15-4-5-16(12-20(15)34(31,32)28-8-10-33-11-9-28)21(30)27-19-7-6-17(26-14(2)29)13-18(19)22(23,24)25/h4-7,12-13H,3,8-11H2,1-2H3,(H,26,29)(H,27,30). The van der Waals surface area contributed by atoms with Crippen LogP contribution >= 0.6 is 0 Å². The average molecular weight is 500 g/mol. The molecule has 1 saturated heterocycles. The predicted octanol–water partition coefficient (Wildman–Crippen LogP) is 3.50. The van der Waals surface area contributed by atoms with E-state index in [-0.39, 0.29) is 42.4 Å². The number of halogens is 3. The highest BCUT2D eigenvalue weighted by atomic mass is 32.2. The van der Waals surface area contributed by atoms with Gasteiger partial charge in [-0.05, 0) is 42.3 Å². The van der Waals surface area contributed by atoms with E-state index < -0.39 is 39.3 Å². The largest absolute Gasteiger partial charge is 0.418 e. The molecule has 1 aliphatic rings. The van der Waals surface area contributed by atoms with Crippen molar-refractivity contribution in [1.29, 1.82) is 0 Å². The van der Waals surface area contributed by atoms with Gasteiger partial charge in [-0.25, -0.2) is 8.42 Å². The normalized spacial score (nSPS) is 15.1. The Morgan fingerprint density at radius 1 is 1.06 bits per heavy atom. The number of hydrogen-bond acceptors (Lipinski definition) is 5. The number of nitrogens with zero attached hydrogens (tertiary/aromatic N) is 1. The SMILES string of the molecule is CCc1ccc(C(=O)Nc2ccc(NC(C)=O)cc2C(F)(F)F)cc1S(=O)(=O)N1CCOCC1. The Morgan fingerprint density at radius 2 is 1.74 bits per heavy atom. The number of anilines is 2. The predicted molar refractivity (Wildman–Crippen MR) is 119 cm³/mol. The number of nitrogens with one attached hydrogen (secondary N) is 2. The second kappa shape index (κ2) is 10.1. The van der Waals surface area contributed by atoms with Crippen molar-refractivity contribution in [3.05, 3.63) is 53.1 Å². The molecule has 0 saturated carbocycles. The lowest BCUT2D eigenvalue weighted by Crippen LogP contribution is -2.41. The molecule has 2 aromatic carbocycles. The molecule has 1 fully saturated rings. The summed E-state index contributed by atoms with van der Waals surface area (Å²) in [6.45, 7) is 3.74. The van der Waals surface area contributed by atoms with E-state index in [0.29, 0.717) is 18.1 Å². The Balaban J connectivity index is 1.95. The Labute approximate surface area is 195 Å². The second-order valence-electron chi connectivity index (χ2n) is 7.59. The molecular formula is C22H24F3N3O5S. The van der Waals surface area contributed by atoms with Crippen molar-refractivity contribution in [2.24, 2.45) is 0 Å². The van der Waals surface area contributed by atoms with E-state index in [1.807, 2.05) is 0 Å². The molecule has 0 radical (unpaired) electrons. The molecule has 0 spiro atoms. The molecule has 0 atom stereocenters. The summed E-state index contributed by atoms with van der Waals surface area (Å²) in [5.41, 5.74) is -1.38. The number of rotatable bonds is 6. The van der Waals surface area contributed by atoms with Gasteiger partial charge < -0.3 is 15.4 Å². The van der Waals surface area contributed by atoms with Crippen LogP contribution in [0.3, 0.4) is 0 Å². The van der Waals surface area contributed by atoms with Crippen molar-refractivity contribution in [1.82, 2.24) is 4.31 Å². The summed E-state index contributed by atoms with van der Waals surface area (Å²) >= 11 is 0. The Kier molecular flexibility index (Phi) is 7.64. The van der Waals surface area contributed by atoms with Crippen LogP contribution in [0.2, 0.25) is 0 Å². The molecule has 0 bridgehead atoms. The fourth-order valence-electron chi connectivity index (χ4n) is 3.52. The highest BCUT2D eigenvalue weighted by Gasteiger charge is 2.35. The van der Waals surface area contributed by atoms with Crippen molar-refractivity contribution in [2.75, 3.05) is 36.9 Å². The molecule has 1 heterocycles. The van der Waals surface area contributed by atoms with Crippen molar-refractivity contribution < 1.29 is 35.9 Å². The molecule has 1 aliphatic heterocycles. The number of aryl methyl sites for hydroxylation is 1. The van der Waals surface area contributed by atoms with Crippen molar-refractivity contribution in [3.8, 4) is 0 Å². The number of ether oxygens (including phenoxy) is 1. The first-order valence-electron chi connectivity index (χ1n) is 10.4. The number of benzene rings is 2. The third-order valence-corrected chi connectivity index (χ3v) is 7.17. The topological polar surface area (TPSA) is 105 Å². The smallest absolute Gasteiger partial charge is 0.379 e. The van der Waals surface area contributed by atoms with Gasteiger partial charge in [0, 0.05) is 31.3 Å². The Bertz CT molecular complexity index is 1190. The van der Waals surface area contributed by atoms with Gasteiger partial charge >= 0.3 is 6.18 Å². The lowest BCUT2D eigenvalue weighted by molar-refractivity contribution is -0.137. The van der Waals surface area contributed by atoms with E-state index in [1.165, 1.54) is 28.6 Å². The molecule has 184 valence electrons. The van der Waals surface area contributed by atoms with Crippen LogP contribution in [0.25, 0.3) is 0 Å². The van der Waals surface area contributed by atoms with Crippen LogP contribution in [0.5, 0.6) is 0 Å². The van der Waals surface area contributed by atoms with E-state index in [2.05, 4.69) is 10.6 Å². The highest BCUT2D eigenvalue weighted by Crippen LogP contribution is 2.37. The first-order valence-corrected chi connectivity index (χ1v) is 11.9. The van der Waals surface area contributed by atoms with Gasteiger partial charge in [0.05, 0.1) is 29.4 Å². The number of carbonyl (C=O) groups is 2. The van der Waals surface area contributed by atoms with Crippen molar-refractivity contribution in [3.63, 3.8) is 0 Å². The summed E-state index contributed by atoms with van der Waals surface area (Å²) in [5.74, 6) is -1.45. The molecule has 0 aromatic heterocycles. The van der Waals surface area contributed by atoms with Crippen molar-refractivity contribution in [2.45, 2.75) is 31.3 Å². The van der Waals surface area contributed by atoms with Crippen LogP contribution in [0.15, 0.2) is 41.3 Å². The summed E-state index contributed by atoms with van der Waals surface area (Å²) in [6.07, 6.45) is -4.43. The maximum atomic E-state index is 13.6. The Hall–Kier alpha value is -2.96. The van der Waals surface area contributed by atoms with Gasteiger partial charge in [0.2, 0.25) is 15.9 Å². The summed E-state index contributed by atoms with van der Waals surface area (Å²) in [6, 6.07) is 6.99. The van der Waals surface area contributed by atoms with Crippen LogP contribution in [0, 0.1) is 0 Å².